The molecule has 0 spiro atoms. The zero-order chi connectivity index (χ0) is 46.9. The minimum atomic E-state index is -1.55. The number of amides is 5. The number of aliphatic hydroxyl groups is 1. The quantitative estimate of drug-likeness (QED) is 0.0554. The van der Waals surface area contributed by atoms with Crippen LogP contribution in [0.5, 0.6) is 5.75 Å². The van der Waals surface area contributed by atoms with Crippen LogP contribution in [0.2, 0.25) is 6.32 Å². The Labute approximate surface area is 377 Å². The first-order chi connectivity index (χ1) is 31.1. The molecule has 2 aromatic carbocycles. The van der Waals surface area contributed by atoms with Crippen molar-refractivity contribution in [3.63, 3.8) is 0 Å². The molecule has 2 radical (unpaired) electrons. The molecule has 5 amide bonds. The average molecular weight is 892 g/mol. The molecule has 0 aliphatic carbocycles. The van der Waals surface area contributed by atoms with Gasteiger partial charge in [-0.1, -0.05) is 52.1 Å². The largest absolute Gasteiger partial charge is 0.458 e. The van der Waals surface area contributed by atoms with Crippen LogP contribution in [0.25, 0.3) is 22.3 Å². The zero-order valence-electron chi connectivity index (χ0n) is 37.2. The number of carbonyl (C=O) groups excluding carboxylic acids is 6. The number of cyclic esters (lactones) is 1. The number of hydrogen-bond donors (Lipinski definition) is 4. The number of aryl methyl sites for hydroxylation is 1. The van der Waals surface area contributed by atoms with Crippen LogP contribution in [-0.4, -0.2) is 108 Å². The third-order valence-electron chi connectivity index (χ3n) is 11.4. The van der Waals surface area contributed by atoms with E-state index in [1.54, 1.807) is 67.2 Å². The lowest BCUT2D eigenvalue weighted by molar-refractivity contribution is -0.157. The topological polar surface area (TPSA) is 228 Å². The van der Waals surface area contributed by atoms with E-state index in [1.165, 1.54) is 9.80 Å². The van der Waals surface area contributed by atoms with Crippen LogP contribution < -0.4 is 26.2 Å². The Morgan fingerprint density at radius 2 is 1.68 bits per heavy atom. The molecule has 0 saturated carbocycles. The number of aromatic nitrogens is 2. The molecule has 0 saturated heterocycles. The lowest BCUT2D eigenvalue weighted by atomic mass is 9.97. The van der Waals surface area contributed by atoms with Crippen molar-refractivity contribution in [3.8, 4) is 17.1 Å². The SMILES string of the molecule is [B]CCCCCC(=O)NC(C(=O)NCC(=O)Nc1ccc(COC(=O)N(C)CCN(C)C(=O)Oc2ccc3nc4c(c(CC)c3c2)Cn2c-4cc3c(c2=O)COC(=O)C3O)cc1)C(C)C. The smallest absolute Gasteiger partial charge is 0.415 e. The normalized spacial score (nSPS) is 14.1. The van der Waals surface area contributed by atoms with Crippen molar-refractivity contribution >= 4 is 60.3 Å². The Kier molecular flexibility index (Phi) is 15.6. The van der Waals surface area contributed by atoms with E-state index in [0.29, 0.717) is 53.7 Å². The number of benzene rings is 2. The molecule has 2 aliphatic rings. The number of ether oxygens (including phenoxy) is 3. The van der Waals surface area contributed by atoms with E-state index in [-0.39, 0.29) is 73.7 Å². The third-order valence-corrected chi connectivity index (χ3v) is 11.4. The number of fused-ring (bicyclic) bond motifs is 5. The summed E-state index contributed by atoms with van der Waals surface area (Å²) in [7, 11) is 8.58. The molecular weight excluding hydrogens is 837 g/mol. The Balaban J connectivity index is 0.948. The molecule has 65 heavy (non-hydrogen) atoms. The number of anilines is 1. The summed E-state index contributed by atoms with van der Waals surface area (Å²) in [5.41, 5.74) is 4.65. The van der Waals surface area contributed by atoms with Gasteiger partial charge in [0.05, 0.1) is 43.4 Å². The summed E-state index contributed by atoms with van der Waals surface area (Å²) >= 11 is 0. The van der Waals surface area contributed by atoms with Crippen molar-refractivity contribution in [3.05, 3.63) is 86.7 Å². The maximum atomic E-state index is 13.4. The van der Waals surface area contributed by atoms with Crippen molar-refractivity contribution in [2.24, 2.45) is 5.92 Å². The number of likely N-dealkylation sites (N-methyl/N-ethyl adjacent to an activating group) is 2. The predicted octanol–water partition coefficient (Wildman–Crippen LogP) is 4.12. The van der Waals surface area contributed by atoms with Gasteiger partial charge in [-0.15, -0.1) is 0 Å². The summed E-state index contributed by atoms with van der Waals surface area (Å²) in [4.78, 5) is 96.6. The zero-order valence-corrected chi connectivity index (χ0v) is 37.2. The van der Waals surface area contributed by atoms with E-state index in [2.05, 4.69) is 16.0 Å². The monoisotopic (exact) mass is 891 g/mol. The Bertz CT molecular complexity index is 2530. The van der Waals surface area contributed by atoms with Crippen LogP contribution >= 0.6 is 0 Å². The molecule has 0 fully saturated rings. The fraction of sp³-hybridized carbons (Fsp3) is 0.435. The van der Waals surface area contributed by atoms with Crippen molar-refractivity contribution in [1.29, 1.82) is 0 Å². The molecule has 2 aromatic heterocycles. The molecule has 0 bridgehead atoms. The second-order valence-electron chi connectivity index (χ2n) is 16.4. The lowest BCUT2D eigenvalue weighted by Crippen LogP contribution is -2.51. The highest BCUT2D eigenvalue weighted by Gasteiger charge is 2.35. The minimum Gasteiger partial charge on any atom is -0.458 e. The number of nitrogens with zero attached hydrogens (tertiary/aromatic N) is 4. The number of aliphatic hydroxyl groups excluding tert-OH is 1. The molecule has 2 atom stereocenters. The second-order valence-corrected chi connectivity index (χ2v) is 16.4. The molecule has 4 N–H and O–H groups in total. The maximum absolute atomic E-state index is 13.4. The average Bonchev–Trinajstić information content (AvgIpc) is 3.66. The summed E-state index contributed by atoms with van der Waals surface area (Å²) < 4.78 is 17.7. The summed E-state index contributed by atoms with van der Waals surface area (Å²) in [6.07, 6.45) is 0.955. The highest BCUT2D eigenvalue weighted by atomic mass is 16.6. The van der Waals surface area contributed by atoms with Crippen LogP contribution in [0.4, 0.5) is 15.3 Å². The number of nitrogens with one attached hydrogen (secondary N) is 3. The van der Waals surface area contributed by atoms with Gasteiger partial charge in [0, 0.05) is 55.8 Å². The van der Waals surface area contributed by atoms with Crippen LogP contribution in [0.3, 0.4) is 0 Å². The summed E-state index contributed by atoms with van der Waals surface area (Å²) in [5.74, 6) is -1.86. The molecule has 4 aromatic rings. The number of carbonyl (C=O) groups is 6. The summed E-state index contributed by atoms with van der Waals surface area (Å²) in [6.45, 7) is 5.55. The third kappa shape index (κ3) is 11.3. The number of rotatable bonds is 18. The van der Waals surface area contributed by atoms with Crippen molar-refractivity contribution < 1.29 is 48.1 Å². The Morgan fingerprint density at radius 1 is 0.954 bits per heavy atom. The fourth-order valence-corrected chi connectivity index (χ4v) is 7.63. The van der Waals surface area contributed by atoms with Crippen LogP contribution in [0, 0.1) is 5.92 Å². The highest BCUT2D eigenvalue weighted by Crippen LogP contribution is 2.39. The molecule has 18 nitrogen and oxygen atoms in total. The van der Waals surface area contributed by atoms with Gasteiger partial charge in [-0.25, -0.2) is 19.4 Å². The van der Waals surface area contributed by atoms with Gasteiger partial charge in [-0.05, 0) is 66.3 Å². The highest BCUT2D eigenvalue weighted by molar-refractivity contribution is 6.08. The van der Waals surface area contributed by atoms with E-state index < -0.39 is 42.1 Å². The van der Waals surface area contributed by atoms with Gasteiger partial charge in [0.2, 0.25) is 17.7 Å². The lowest BCUT2D eigenvalue weighted by Gasteiger charge is -2.22. The first-order valence-electron chi connectivity index (χ1n) is 21.6. The van der Waals surface area contributed by atoms with Gasteiger partial charge < -0.3 is 49.6 Å². The second kappa shape index (κ2) is 21.3. The molecule has 342 valence electrons. The molecule has 2 unspecified atom stereocenters. The predicted molar refractivity (Wildman–Crippen MR) is 240 cm³/mol. The Hall–Kier alpha value is -6.76. The summed E-state index contributed by atoms with van der Waals surface area (Å²) in [6, 6.07) is 12.6. The van der Waals surface area contributed by atoms with Crippen LogP contribution in [-0.2, 0) is 54.8 Å². The molecular formula is C46H54BN7O11. The number of hydrogen-bond acceptors (Lipinski definition) is 12. The number of pyridine rings is 2. The Morgan fingerprint density at radius 3 is 2.37 bits per heavy atom. The van der Waals surface area contributed by atoms with E-state index in [0.717, 1.165) is 29.4 Å². The standard InChI is InChI=1S/C46H54BN7O11/c1-6-30-31-20-29(15-16-35(31)50-40-33(30)23-54-36(40)21-32-34(43(54)59)25-63-44(60)41(32)57)65-46(62)53(5)19-18-52(4)45(61)64-24-27-11-13-28(14-12-27)49-38(56)22-48-42(58)39(26(2)3)51-37(55)10-8-7-9-17-47/h11-16,20-21,26,39,41,57H,6-10,17-19,22-25H2,1-5H3,(H,48,58)(H,49,56)(H,51,55). The van der Waals surface area contributed by atoms with E-state index >= 15 is 0 Å². The molecule has 2 aliphatic heterocycles. The van der Waals surface area contributed by atoms with Crippen molar-refractivity contribution in [2.75, 3.05) is 39.0 Å². The maximum Gasteiger partial charge on any atom is 0.415 e. The van der Waals surface area contributed by atoms with Gasteiger partial charge in [0.1, 0.15) is 25.0 Å². The minimum absolute atomic E-state index is 0.0512. The number of esters is 1. The molecule has 4 heterocycles. The van der Waals surface area contributed by atoms with Gasteiger partial charge in [0.25, 0.3) is 5.56 Å². The van der Waals surface area contributed by atoms with E-state index in [1.807, 2.05) is 20.8 Å². The van der Waals surface area contributed by atoms with E-state index in [9.17, 15) is 38.7 Å². The van der Waals surface area contributed by atoms with Gasteiger partial charge in [-0.3, -0.25) is 19.2 Å². The van der Waals surface area contributed by atoms with E-state index in [4.69, 9.17) is 27.0 Å². The van der Waals surface area contributed by atoms with Crippen molar-refractivity contribution in [2.45, 2.75) is 91.1 Å². The van der Waals surface area contributed by atoms with Gasteiger partial charge in [-0.2, -0.15) is 0 Å². The first-order valence-corrected chi connectivity index (χ1v) is 21.6. The first kappa shape index (κ1) is 47.7. The van der Waals surface area contributed by atoms with Gasteiger partial charge >= 0.3 is 18.2 Å². The number of unbranched alkanes of at least 4 members (excludes halogenated alkanes) is 2. The fourth-order valence-electron chi connectivity index (χ4n) is 7.63. The van der Waals surface area contributed by atoms with Crippen LogP contribution in [0.15, 0.2) is 53.3 Å². The summed E-state index contributed by atoms with van der Waals surface area (Å²) in [5, 5.41) is 19.2. The van der Waals surface area contributed by atoms with Crippen LogP contribution in [0.1, 0.15) is 80.4 Å². The molecule has 6 rings (SSSR count). The van der Waals surface area contributed by atoms with Crippen molar-refractivity contribution in [1.82, 2.24) is 30.0 Å². The van der Waals surface area contributed by atoms with Gasteiger partial charge in [0.15, 0.2) is 6.10 Å². The molecule has 19 heteroatoms.